The van der Waals surface area contributed by atoms with Crippen LogP contribution in [0.2, 0.25) is 5.02 Å². The predicted molar refractivity (Wildman–Crippen MR) is 68.4 cm³/mol. The molecule has 0 unspecified atom stereocenters. The van der Waals surface area contributed by atoms with Crippen LogP contribution in [0.25, 0.3) is 5.69 Å². The number of nitrogens with one attached hydrogen (secondary N) is 1. The first kappa shape index (κ1) is 15.2. The van der Waals surface area contributed by atoms with E-state index in [0.717, 1.165) is 10.7 Å². The maximum absolute atomic E-state index is 12.7. The maximum atomic E-state index is 12.7. The summed E-state index contributed by atoms with van der Waals surface area (Å²) in [5.74, 6) is 0. The van der Waals surface area contributed by atoms with Crippen LogP contribution in [0.3, 0.4) is 0 Å². The van der Waals surface area contributed by atoms with Crippen molar-refractivity contribution in [3.63, 3.8) is 0 Å². The van der Waals surface area contributed by atoms with Crippen LogP contribution in [0.5, 0.6) is 0 Å². The van der Waals surface area contributed by atoms with Crippen molar-refractivity contribution in [2.75, 3.05) is 0 Å². The molecule has 1 amide bonds. The zero-order valence-electron chi connectivity index (χ0n) is 10.4. The average Bonchev–Trinajstić information content (AvgIpc) is 2.80. The van der Waals surface area contributed by atoms with Crippen LogP contribution in [0, 0.1) is 0 Å². The van der Waals surface area contributed by atoms with Crippen molar-refractivity contribution in [2.45, 2.75) is 12.7 Å². The second-order valence-electron chi connectivity index (χ2n) is 4.07. The van der Waals surface area contributed by atoms with E-state index in [9.17, 15) is 18.0 Å². The molecular weight excluding hydrogens is 311 g/mol. The minimum absolute atomic E-state index is 0.0481. The lowest BCUT2D eigenvalue weighted by molar-refractivity contribution is -0.141. The van der Waals surface area contributed by atoms with Crippen molar-refractivity contribution >= 4 is 17.7 Å². The molecule has 0 saturated heterocycles. The number of alkyl halides is 3. The molecule has 0 aliphatic rings. The van der Waals surface area contributed by atoms with E-state index in [1.165, 1.54) is 12.1 Å². The van der Waals surface area contributed by atoms with E-state index in [-0.39, 0.29) is 12.2 Å². The highest BCUT2D eigenvalue weighted by Gasteiger charge is 2.35. The third kappa shape index (κ3) is 3.66. The Bertz CT molecular complexity index is 670. The molecule has 0 fully saturated rings. The SMILES string of the molecule is O=C(O)NCc1cc(C(F)(F)F)nn1-c1cccc(Cl)c1. The van der Waals surface area contributed by atoms with E-state index in [0.29, 0.717) is 10.7 Å². The molecule has 0 bridgehead atoms. The van der Waals surface area contributed by atoms with Gasteiger partial charge in [-0.05, 0) is 24.3 Å². The van der Waals surface area contributed by atoms with Gasteiger partial charge in [0.25, 0.3) is 0 Å². The first-order valence-electron chi connectivity index (χ1n) is 5.66. The highest BCUT2D eigenvalue weighted by molar-refractivity contribution is 6.30. The summed E-state index contributed by atoms with van der Waals surface area (Å²) >= 11 is 5.80. The molecule has 0 radical (unpaired) electrons. The van der Waals surface area contributed by atoms with Crippen molar-refractivity contribution in [2.24, 2.45) is 0 Å². The lowest BCUT2D eigenvalue weighted by Crippen LogP contribution is -2.21. The Kier molecular flexibility index (Phi) is 4.08. The van der Waals surface area contributed by atoms with Crippen LogP contribution in [-0.4, -0.2) is 21.0 Å². The van der Waals surface area contributed by atoms with Crippen molar-refractivity contribution < 1.29 is 23.1 Å². The first-order chi connectivity index (χ1) is 9.77. The van der Waals surface area contributed by atoms with Gasteiger partial charge in [0, 0.05) is 5.02 Å². The van der Waals surface area contributed by atoms with Gasteiger partial charge in [-0.1, -0.05) is 17.7 Å². The molecule has 112 valence electrons. The number of nitrogens with zero attached hydrogens (tertiary/aromatic N) is 2. The van der Waals surface area contributed by atoms with Gasteiger partial charge in [-0.3, -0.25) is 0 Å². The van der Waals surface area contributed by atoms with Crippen molar-refractivity contribution in [3.8, 4) is 5.69 Å². The van der Waals surface area contributed by atoms with Gasteiger partial charge in [-0.15, -0.1) is 0 Å². The molecule has 2 N–H and O–H groups in total. The molecule has 21 heavy (non-hydrogen) atoms. The summed E-state index contributed by atoms with van der Waals surface area (Å²) < 4.78 is 39.2. The largest absolute Gasteiger partial charge is 0.465 e. The van der Waals surface area contributed by atoms with E-state index < -0.39 is 18.0 Å². The topological polar surface area (TPSA) is 67.2 Å². The Morgan fingerprint density at radius 1 is 1.38 bits per heavy atom. The zero-order valence-corrected chi connectivity index (χ0v) is 11.1. The summed E-state index contributed by atoms with van der Waals surface area (Å²) in [6.45, 7) is -0.315. The second-order valence-corrected chi connectivity index (χ2v) is 4.51. The van der Waals surface area contributed by atoms with Crippen LogP contribution in [0.1, 0.15) is 11.4 Å². The average molecular weight is 320 g/mol. The molecule has 0 atom stereocenters. The van der Waals surface area contributed by atoms with Gasteiger partial charge in [0.15, 0.2) is 5.69 Å². The Balaban J connectivity index is 2.46. The fraction of sp³-hybridized carbons (Fsp3) is 0.167. The summed E-state index contributed by atoms with van der Waals surface area (Å²) in [5, 5.41) is 14.4. The van der Waals surface area contributed by atoms with Gasteiger partial charge < -0.3 is 10.4 Å². The zero-order chi connectivity index (χ0) is 15.6. The summed E-state index contributed by atoms with van der Waals surface area (Å²) in [5.41, 5.74) is -0.753. The molecule has 2 aromatic rings. The normalized spacial score (nSPS) is 11.4. The first-order valence-corrected chi connectivity index (χ1v) is 6.04. The van der Waals surface area contributed by atoms with Gasteiger partial charge in [-0.25, -0.2) is 9.48 Å². The number of benzene rings is 1. The molecule has 0 aliphatic carbocycles. The third-order valence-corrected chi connectivity index (χ3v) is 2.78. The number of hydrogen-bond donors (Lipinski definition) is 2. The minimum Gasteiger partial charge on any atom is -0.465 e. The van der Waals surface area contributed by atoms with Crippen molar-refractivity contribution in [1.29, 1.82) is 0 Å². The minimum atomic E-state index is -4.62. The van der Waals surface area contributed by atoms with E-state index in [1.54, 1.807) is 12.1 Å². The monoisotopic (exact) mass is 319 g/mol. The molecule has 0 saturated carbocycles. The van der Waals surface area contributed by atoms with E-state index in [2.05, 4.69) is 5.10 Å². The molecular formula is C12H9ClF3N3O2. The molecule has 1 aromatic heterocycles. The predicted octanol–water partition coefficient (Wildman–Crippen LogP) is 3.31. The number of aromatic nitrogens is 2. The molecule has 1 heterocycles. The van der Waals surface area contributed by atoms with Crippen molar-refractivity contribution in [1.82, 2.24) is 15.1 Å². The lowest BCUT2D eigenvalue weighted by atomic mass is 10.3. The smallest absolute Gasteiger partial charge is 0.435 e. The Morgan fingerprint density at radius 3 is 2.67 bits per heavy atom. The molecule has 2 rings (SSSR count). The molecule has 0 spiro atoms. The third-order valence-electron chi connectivity index (χ3n) is 2.55. The number of carbonyl (C=O) groups is 1. The summed E-state index contributed by atoms with van der Waals surface area (Å²) in [6.07, 6.45) is -5.97. The fourth-order valence-corrected chi connectivity index (χ4v) is 1.87. The lowest BCUT2D eigenvalue weighted by Gasteiger charge is -2.07. The Labute approximate surface area is 121 Å². The van der Waals surface area contributed by atoms with Crippen molar-refractivity contribution in [3.05, 3.63) is 46.7 Å². The second kappa shape index (κ2) is 5.65. The molecule has 9 heteroatoms. The number of carboxylic acid groups (broad SMARTS) is 1. The van der Waals surface area contributed by atoms with Crippen LogP contribution >= 0.6 is 11.6 Å². The molecule has 5 nitrogen and oxygen atoms in total. The number of amides is 1. The number of halogens is 4. The quantitative estimate of drug-likeness (QED) is 0.912. The van der Waals surface area contributed by atoms with E-state index >= 15 is 0 Å². The standard InChI is InChI=1S/C12H9ClF3N3O2/c13-7-2-1-3-8(4-7)19-9(6-17-11(20)21)5-10(18-19)12(14,15)16/h1-5,17H,6H2,(H,20,21). The Morgan fingerprint density at radius 2 is 2.10 bits per heavy atom. The highest BCUT2D eigenvalue weighted by Crippen LogP contribution is 2.29. The number of hydrogen-bond acceptors (Lipinski definition) is 2. The van der Waals surface area contributed by atoms with Gasteiger partial charge in [0.2, 0.25) is 0 Å². The van der Waals surface area contributed by atoms with Gasteiger partial charge >= 0.3 is 12.3 Å². The Hall–Kier alpha value is -2.22. The molecule has 1 aromatic carbocycles. The summed E-state index contributed by atoms with van der Waals surface area (Å²) in [6, 6.07) is 6.86. The van der Waals surface area contributed by atoms with Crippen LogP contribution in [-0.2, 0) is 12.7 Å². The summed E-state index contributed by atoms with van der Waals surface area (Å²) in [4.78, 5) is 10.5. The van der Waals surface area contributed by atoms with Gasteiger partial charge in [0.1, 0.15) is 0 Å². The van der Waals surface area contributed by atoms with E-state index in [4.69, 9.17) is 16.7 Å². The fourth-order valence-electron chi connectivity index (χ4n) is 1.68. The summed E-state index contributed by atoms with van der Waals surface area (Å²) in [7, 11) is 0. The van der Waals surface area contributed by atoms with Crippen LogP contribution < -0.4 is 5.32 Å². The number of rotatable bonds is 3. The molecule has 0 aliphatic heterocycles. The maximum Gasteiger partial charge on any atom is 0.435 e. The highest BCUT2D eigenvalue weighted by atomic mass is 35.5. The van der Waals surface area contributed by atoms with Gasteiger partial charge in [-0.2, -0.15) is 18.3 Å². The van der Waals surface area contributed by atoms with Crippen LogP contribution in [0.15, 0.2) is 30.3 Å². The van der Waals surface area contributed by atoms with Gasteiger partial charge in [0.05, 0.1) is 17.9 Å². The van der Waals surface area contributed by atoms with E-state index in [1.807, 2.05) is 5.32 Å². The van der Waals surface area contributed by atoms with Crippen LogP contribution in [0.4, 0.5) is 18.0 Å².